The summed E-state index contributed by atoms with van der Waals surface area (Å²) in [6, 6.07) is 3.90. The highest BCUT2D eigenvalue weighted by Gasteiger charge is 2.14. The Hall–Kier alpha value is -2.17. The zero-order valence-electron chi connectivity index (χ0n) is 10.8. The fourth-order valence-electron chi connectivity index (χ4n) is 1.96. The van der Waals surface area contributed by atoms with Gasteiger partial charge in [0.2, 0.25) is 0 Å². The quantitative estimate of drug-likeness (QED) is 0.869. The largest absolute Gasteiger partial charge is 0.496 e. The predicted octanol–water partition coefficient (Wildman–Crippen LogP) is 2.24. The molecule has 0 saturated carbocycles. The molecule has 0 atom stereocenters. The van der Waals surface area contributed by atoms with Crippen LogP contribution in [0.4, 0.5) is 5.82 Å². The lowest BCUT2D eigenvalue weighted by atomic mass is 10.0. The Labute approximate surface area is 106 Å². The molecule has 0 aliphatic heterocycles. The number of ether oxygens (including phenoxy) is 2. The number of methoxy groups -OCH3 is 2. The van der Waals surface area contributed by atoms with Crippen LogP contribution < -0.4 is 15.2 Å². The first kappa shape index (κ1) is 12.3. The molecular weight excluding hydrogens is 230 g/mol. The second-order valence-corrected chi connectivity index (χ2v) is 3.92. The molecule has 2 aromatic rings. The summed E-state index contributed by atoms with van der Waals surface area (Å²) in [6.45, 7) is 2.08. The van der Waals surface area contributed by atoms with Gasteiger partial charge in [-0.25, -0.2) is 0 Å². The summed E-state index contributed by atoms with van der Waals surface area (Å²) in [5.41, 5.74) is 8.71. The Morgan fingerprint density at radius 1 is 1.17 bits per heavy atom. The molecular formula is C13H17N3O2. The number of rotatable bonds is 4. The fraction of sp³-hybridized carbons (Fsp3) is 0.308. The number of H-pyrrole nitrogens is 1. The van der Waals surface area contributed by atoms with E-state index in [0.29, 0.717) is 5.82 Å². The van der Waals surface area contributed by atoms with Gasteiger partial charge in [-0.05, 0) is 18.1 Å². The lowest BCUT2D eigenvalue weighted by Crippen LogP contribution is -1.96. The molecule has 0 aliphatic carbocycles. The number of nitrogens with two attached hydrogens (primary N) is 1. The van der Waals surface area contributed by atoms with Crippen LogP contribution in [0.15, 0.2) is 18.3 Å². The third-order valence-corrected chi connectivity index (χ3v) is 2.94. The Morgan fingerprint density at radius 3 is 2.39 bits per heavy atom. The van der Waals surface area contributed by atoms with Crippen molar-refractivity contribution in [3.05, 3.63) is 23.9 Å². The number of nitrogens with zero attached hydrogens (tertiary/aromatic N) is 1. The SMILES string of the molecule is CCc1cc(-c2cn[nH]c2N)c(OC)cc1OC. The average molecular weight is 247 g/mol. The minimum atomic E-state index is 0.528. The van der Waals surface area contributed by atoms with Crippen LogP contribution in [0.5, 0.6) is 11.5 Å². The van der Waals surface area contributed by atoms with E-state index in [1.807, 2.05) is 12.1 Å². The molecule has 1 heterocycles. The predicted molar refractivity (Wildman–Crippen MR) is 70.9 cm³/mol. The van der Waals surface area contributed by atoms with E-state index in [0.717, 1.165) is 34.6 Å². The van der Waals surface area contributed by atoms with Crippen LogP contribution in [-0.4, -0.2) is 24.4 Å². The van der Waals surface area contributed by atoms with Crippen molar-refractivity contribution in [2.75, 3.05) is 20.0 Å². The minimum absolute atomic E-state index is 0.528. The van der Waals surface area contributed by atoms with E-state index in [4.69, 9.17) is 15.2 Å². The maximum atomic E-state index is 5.85. The van der Waals surface area contributed by atoms with Crippen LogP contribution in [0.2, 0.25) is 0 Å². The first-order chi connectivity index (χ1) is 8.71. The molecule has 0 unspecified atom stereocenters. The molecule has 0 aliphatic rings. The van der Waals surface area contributed by atoms with Gasteiger partial charge in [-0.3, -0.25) is 5.10 Å². The van der Waals surface area contributed by atoms with Crippen molar-refractivity contribution in [3.63, 3.8) is 0 Å². The van der Waals surface area contributed by atoms with Gasteiger partial charge in [0, 0.05) is 17.2 Å². The summed E-state index contributed by atoms with van der Waals surface area (Å²) < 4.78 is 10.7. The number of hydrogen-bond acceptors (Lipinski definition) is 4. The number of nitrogen functional groups attached to an aromatic ring is 1. The number of nitrogens with one attached hydrogen (secondary N) is 1. The van der Waals surface area contributed by atoms with Crippen molar-refractivity contribution < 1.29 is 9.47 Å². The summed E-state index contributed by atoms with van der Waals surface area (Å²) in [4.78, 5) is 0. The van der Waals surface area contributed by atoms with Gasteiger partial charge >= 0.3 is 0 Å². The van der Waals surface area contributed by atoms with Gasteiger partial charge in [0.1, 0.15) is 17.3 Å². The van der Waals surface area contributed by atoms with Gasteiger partial charge in [-0.15, -0.1) is 0 Å². The molecule has 0 amide bonds. The van der Waals surface area contributed by atoms with Crippen molar-refractivity contribution in [2.24, 2.45) is 0 Å². The minimum Gasteiger partial charge on any atom is -0.496 e. The van der Waals surface area contributed by atoms with E-state index < -0.39 is 0 Å². The van der Waals surface area contributed by atoms with Gasteiger partial charge in [0.05, 0.1) is 20.4 Å². The standard InChI is InChI=1S/C13H17N3O2/c1-4-8-5-9(10-7-15-16-13(10)14)12(18-3)6-11(8)17-2/h5-7H,4H2,1-3H3,(H3,14,15,16). The number of aromatic nitrogens is 2. The molecule has 5 nitrogen and oxygen atoms in total. The van der Waals surface area contributed by atoms with Crippen molar-refractivity contribution in [1.29, 1.82) is 0 Å². The molecule has 3 N–H and O–H groups in total. The smallest absolute Gasteiger partial charge is 0.130 e. The summed E-state index contributed by atoms with van der Waals surface area (Å²) in [7, 11) is 3.28. The molecule has 96 valence electrons. The third-order valence-electron chi connectivity index (χ3n) is 2.94. The van der Waals surface area contributed by atoms with Crippen LogP contribution >= 0.6 is 0 Å². The first-order valence-corrected chi connectivity index (χ1v) is 5.75. The highest BCUT2D eigenvalue weighted by Crippen LogP contribution is 2.37. The van der Waals surface area contributed by atoms with Crippen molar-refractivity contribution in [1.82, 2.24) is 10.2 Å². The maximum absolute atomic E-state index is 5.85. The number of hydrogen-bond donors (Lipinski definition) is 2. The van der Waals surface area contributed by atoms with E-state index in [1.54, 1.807) is 20.4 Å². The normalized spacial score (nSPS) is 10.4. The molecule has 2 rings (SSSR count). The number of benzene rings is 1. The summed E-state index contributed by atoms with van der Waals surface area (Å²) >= 11 is 0. The van der Waals surface area contributed by atoms with E-state index >= 15 is 0 Å². The lowest BCUT2D eigenvalue weighted by Gasteiger charge is -2.13. The van der Waals surface area contributed by atoms with Gasteiger partial charge in [-0.2, -0.15) is 5.10 Å². The van der Waals surface area contributed by atoms with E-state index in [9.17, 15) is 0 Å². The average Bonchev–Trinajstić information content (AvgIpc) is 2.83. The van der Waals surface area contributed by atoms with Gasteiger partial charge in [-0.1, -0.05) is 6.92 Å². The number of aryl methyl sites for hydroxylation is 1. The first-order valence-electron chi connectivity index (χ1n) is 5.75. The second-order valence-electron chi connectivity index (χ2n) is 3.92. The molecule has 5 heteroatoms. The number of aromatic amines is 1. The highest BCUT2D eigenvalue weighted by atomic mass is 16.5. The molecule has 0 bridgehead atoms. The van der Waals surface area contributed by atoms with Crippen LogP contribution in [0.1, 0.15) is 12.5 Å². The van der Waals surface area contributed by atoms with Crippen LogP contribution in [0.25, 0.3) is 11.1 Å². The van der Waals surface area contributed by atoms with Crippen molar-refractivity contribution >= 4 is 5.82 Å². The molecule has 18 heavy (non-hydrogen) atoms. The zero-order chi connectivity index (χ0) is 13.1. The second kappa shape index (κ2) is 5.00. The topological polar surface area (TPSA) is 73.2 Å². The summed E-state index contributed by atoms with van der Waals surface area (Å²) in [5.74, 6) is 2.07. The third kappa shape index (κ3) is 1.99. The highest BCUT2D eigenvalue weighted by molar-refractivity contribution is 5.79. The molecule has 0 fully saturated rings. The number of anilines is 1. The molecule has 1 aromatic carbocycles. The maximum Gasteiger partial charge on any atom is 0.130 e. The molecule has 1 aromatic heterocycles. The van der Waals surface area contributed by atoms with Crippen LogP contribution in [0.3, 0.4) is 0 Å². The summed E-state index contributed by atoms with van der Waals surface area (Å²) in [5, 5.41) is 6.66. The van der Waals surface area contributed by atoms with Crippen molar-refractivity contribution in [3.8, 4) is 22.6 Å². The molecule has 0 saturated heterocycles. The van der Waals surface area contributed by atoms with Gasteiger partial charge in [0.15, 0.2) is 0 Å². The van der Waals surface area contributed by atoms with E-state index in [-0.39, 0.29) is 0 Å². The van der Waals surface area contributed by atoms with E-state index in [2.05, 4.69) is 17.1 Å². The zero-order valence-corrected chi connectivity index (χ0v) is 10.8. The van der Waals surface area contributed by atoms with Gasteiger partial charge < -0.3 is 15.2 Å². The van der Waals surface area contributed by atoms with Crippen molar-refractivity contribution in [2.45, 2.75) is 13.3 Å². The summed E-state index contributed by atoms with van der Waals surface area (Å²) in [6.07, 6.45) is 2.57. The van der Waals surface area contributed by atoms with Crippen LogP contribution in [0, 0.1) is 0 Å². The lowest BCUT2D eigenvalue weighted by molar-refractivity contribution is 0.392. The Bertz CT molecular complexity index is 549. The van der Waals surface area contributed by atoms with Gasteiger partial charge in [0.25, 0.3) is 0 Å². The fourth-order valence-corrected chi connectivity index (χ4v) is 1.96. The Morgan fingerprint density at radius 2 is 1.89 bits per heavy atom. The monoisotopic (exact) mass is 247 g/mol. The molecule has 0 spiro atoms. The Kier molecular flexibility index (Phi) is 3.41. The van der Waals surface area contributed by atoms with E-state index in [1.165, 1.54) is 0 Å². The van der Waals surface area contributed by atoms with Crippen LogP contribution in [-0.2, 0) is 6.42 Å². The molecule has 0 radical (unpaired) electrons. The Balaban J connectivity index is 2.62.